The van der Waals surface area contributed by atoms with E-state index in [1.54, 1.807) is 18.2 Å². The number of fused-ring (bicyclic) bond motifs is 3. The molecule has 0 fully saturated rings. The lowest BCUT2D eigenvalue weighted by Gasteiger charge is -2.10. The molecule has 0 N–H and O–H groups in total. The Kier molecular flexibility index (Phi) is 6.13. The first-order valence-electron chi connectivity index (χ1n) is 10.6. The number of nitriles is 1. The van der Waals surface area contributed by atoms with Crippen LogP contribution in [0.2, 0.25) is 0 Å². The molecule has 0 saturated heterocycles. The lowest BCUT2D eigenvalue weighted by atomic mass is 9.97. The fraction of sp³-hybridized carbons (Fsp3) is 0.185. The molecular formula is C27H21F2NO2. The predicted molar refractivity (Wildman–Crippen MR) is 121 cm³/mol. The zero-order chi connectivity index (χ0) is 22.7. The first-order chi connectivity index (χ1) is 15.5. The average molecular weight is 429 g/mol. The molecule has 160 valence electrons. The van der Waals surface area contributed by atoms with Crippen LogP contribution in [0.5, 0.6) is 5.75 Å². The fourth-order valence-corrected chi connectivity index (χ4v) is 3.86. The second-order valence-corrected chi connectivity index (χ2v) is 7.74. The van der Waals surface area contributed by atoms with Crippen molar-refractivity contribution in [2.45, 2.75) is 32.6 Å². The minimum Gasteiger partial charge on any atom is -0.423 e. The third kappa shape index (κ3) is 4.17. The summed E-state index contributed by atoms with van der Waals surface area (Å²) in [4.78, 5) is 12.5. The predicted octanol–water partition coefficient (Wildman–Crippen LogP) is 7.09. The van der Waals surface area contributed by atoms with E-state index < -0.39 is 17.6 Å². The minimum atomic E-state index is -0.931. The van der Waals surface area contributed by atoms with Crippen LogP contribution in [0.3, 0.4) is 0 Å². The van der Waals surface area contributed by atoms with Crippen LogP contribution in [0.1, 0.15) is 47.7 Å². The number of unbranched alkanes of at least 4 members (excludes halogenated alkanes) is 2. The molecule has 0 spiro atoms. The molecule has 0 bridgehead atoms. The first kappa shape index (κ1) is 21.5. The van der Waals surface area contributed by atoms with Gasteiger partial charge in [-0.15, -0.1) is 0 Å². The first-order valence-corrected chi connectivity index (χ1v) is 10.6. The summed E-state index contributed by atoms with van der Waals surface area (Å²) in [6.45, 7) is 2.17. The Hall–Kier alpha value is -3.78. The van der Waals surface area contributed by atoms with E-state index in [1.165, 1.54) is 36.6 Å². The van der Waals surface area contributed by atoms with Crippen molar-refractivity contribution in [3.63, 3.8) is 0 Å². The van der Waals surface area contributed by atoms with Gasteiger partial charge in [0.2, 0.25) is 0 Å². The number of hydrogen-bond donors (Lipinski definition) is 0. The van der Waals surface area contributed by atoms with Crippen molar-refractivity contribution in [1.82, 2.24) is 0 Å². The molecule has 4 aromatic carbocycles. The van der Waals surface area contributed by atoms with Gasteiger partial charge >= 0.3 is 5.97 Å². The van der Waals surface area contributed by atoms with E-state index in [0.29, 0.717) is 10.8 Å². The maximum absolute atomic E-state index is 15.2. The zero-order valence-corrected chi connectivity index (χ0v) is 17.6. The highest BCUT2D eigenvalue weighted by atomic mass is 19.1. The van der Waals surface area contributed by atoms with Crippen LogP contribution in [0, 0.1) is 23.0 Å². The normalized spacial score (nSPS) is 10.9. The summed E-state index contributed by atoms with van der Waals surface area (Å²) >= 11 is 0. The maximum Gasteiger partial charge on any atom is 0.346 e. The van der Waals surface area contributed by atoms with Crippen molar-refractivity contribution >= 4 is 27.5 Å². The number of hydrogen-bond acceptors (Lipinski definition) is 3. The smallest absolute Gasteiger partial charge is 0.346 e. The van der Waals surface area contributed by atoms with Crippen LogP contribution in [0.25, 0.3) is 21.5 Å². The molecule has 5 heteroatoms. The third-order valence-electron chi connectivity index (χ3n) is 5.58. The zero-order valence-electron chi connectivity index (χ0n) is 17.6. The number of ether oxygens (including phenoxy) is 1. The van der Waals surface area contributed by atoms with Gasteiger partial charge in [0.25, 0.3) is 0 Å². The van der Waals surface area contributed by atoms with E-state index in [9.17, 15) is 9.18 Å². The van der Waals surface area contributed by atoms with Crippen LogP contribution >= 0.6 is 0 Å². The lowest BCUT2D eigenvalue weighted by molar-refractivity contribution is 0.0730. The molecule has 0 aliphatic rings. The summed E-state index contributed by atoms with van der Waals surface area (Å²) in [6, 6.07) is 17.9. The molecule has 0 heterocycles. The summed E-state index contributed by atoms with van der Waals surface area (Å²) in [6.07, 6.45) is 4.51. The molecule has 0 aliphatic heterocycles. The average Bonchev–Trinajstić information content (AvgIpc) is 2.79. The Balaban J connectivity index is 1.65. The number of nitrogens with zero attached hydrogens (tertiary/aromatic N) is 1. The van der Waals surface area contributed by atoms with Gasteiger partial charge in [0.15, 0.2) is 0 Å². The Morgan fingerprint density at radius 2 is 1.72 bits per heavy atom. The number of aryl methyl sites for hydroxylation is 1. The van der Waals surface area contributed by atoms with Crippen molar-refractivity contribution in [2.24, 2.45) is 0 Å². The van der Waals surface area contributed by atoms with E-state index in [1.807, 2.05) is 12.1 Å². The van der Waals surface area contributed by atoms with E-state index in [-0.39, 0.29) is 16.9 Å². The Morgan fingerprint density at radius 3 is 2.47 bits per heavy atom. The number of halogens is 2. The quantitative estimate of drug-likeness (QED) is 0.142. The van der Waals surface area contributed by atoms with Crippen molar-refractivity contribution in [1.29, 1.82) is 5.26 Å². The summed E-state index contributed by atoms with van der Waals surface area (Å²) in [5.74, 6) is -2.52. The molecule has 4 rings (SSSR count). The molecule has 3 nitrogen and oxygen atoms in total. The number of benzene rings is 4. The Labute approximate surface area is 184 Å². The molecule has 0 saturated carbocycles. The number of carbonyl (C=O) groups is 1. The maximum atomic E-state index is 15.2. The highest BCUT2D eigenvalue weighted by molar-refractivity contribution is 6.09. The SMILES string of the molecule is CCCCCc1ccc2c(ccc3c(F)c(C(=O)Oc4ccc(C#N)c(F)c4)ccc32)c1. The molecule has 0 amide bonds. The van der Waals surface area contributed by atoms with Gasteiger partial charge in [0, 0.05) is 11.5 Å². The topological polar surface area (TPSA) is 50.1 Å². The standard InChI is InChI=1S/C27H21F2NO2/c1-2-3-4-5-17-6-10-21-18(14-17)8-11-23-22(21)12-13-24(26(23)29)27(31)32-20-9-7-19(16-30)25(28)15-20/h6-15H,2-5H2,1H3. The van der Waals surface area contributed by atoms with Gasteiger partial charge in [-0.05, 0) is 52.8 Å². The summed E-state index contributed by atoms with van der Waals surface area (Å²) in [5.41, 5.74) is 0.848. The Bertz CT molecular complexity index is 1370. The molecule has 0 atom stereocenters. The van der Waals surface area contributed by atoms with Gasteiger partial charge in [-0.2, -0.15) is 5.26 Å². The van der Waals surface area contributed by atoms with Crippen LogP contribution in [-0.2, 0) is 6.42 Å². The third-order valence-corrected chi connectivity index (χ3v) is 5.58. The van der Waals surface area contributed by atoms with Crippen molar-refractivity contribution in [3.05, 3.63) is 89.0 Å². The summed E-state index contributed by atoms with van der Waals surface area (Å²) < 4.78 is 34.1. The van der Waals surface area contributed by atoms with E-state index >= 15 is 4.39 Å². The van der Waals surface area contributed by atoms with Crippen molar-refractivity contribution < 1.29 is 18.3 Å². The van der Waals surface area contributed by atoms with E-state index in [2.05, 4.69) is 19.1 Å². The van der Waals surface area contributed by atoms with Crippen molar-refractivity contribution in [3.8, 4) is 11.8 Å². The molecule has 0 radical (unpaired) electrons. The minimum absolute atomic E-state index is 0.0971. The highest BCUT2D eigenvalue weighted by Gasteiger charge is 2.18. The van der Waals surface area contributed by atoms with Gasteiger partial charge in [-0.1, -0.05) is 56.2 Å². The Morgan fingerprint density at radius 1 is 0.938 bits per heavy atom. The second-order valence-electron chi connectivity index (χ2n) is 7.74. The number of carbonyl (C=O) groups excluding carboxylic acids is 1. The van der Waals surface area contributed by atoms with Gasteiger partial charge in [0.1, 0.15) is 23.5 Å². The van der Waals surface area contributed by atoms with Gasteiger partial charge < -0.3 is 4.74 Å². The van der Waals surface area contributed by atoms with Gasteiger partial charge in [-0.3, -0.25) is 0 Å². The molecule has 0 aliphatic carbocycles. The van der Waals surface area contributed by atoms with Gasteiger partial charge in [0.05, 0.1) is 11.1 Å². The lowest BCUT2D eigenvalue weighted by Crippen LogP contribution is -2.11. The van der Waals surface area contributed by atoms with E-state index in [4.69, 9.17) is 10.00 Å². The molecule has 0 aromatic heterocycles. The van der Waals surface area contributed by atoms with Crippen molar-refractivity contribution in [2.75, 3.05) is 0 Å². The monoisotopic (exact) mass is 429 g/mol. The largest absolute Gasteiger partial charge is 0.423 e. The molecular weight excluding hydrogens is 408 g/mol. The second kappa shape index (κ2) is 9.15. The van der Waals surface area contributed by atoms with E-state index in [0.717, 1.165) is 29.7 Å². The van der Waals surface area contributed by atoms with Gasteiger partial charge in [-0.25, -0.2) is 13.6 Å². The van der Waals surface area contributed by atoms with Crippen LogP contribution in [0.4, 0.5) is 8.78 Å². The molecule has 0 unspecified atom stereocenters. The summed E-state index contributed by atoms with van der Waals surface area (Å²) in [7, 11) is 0. The fourth-order valence-electron chi connectivity index (χ4n) is 3.86. The van der Waals surface area contributed by atoms with Crippen LogP contribution in [0.15, 0.2) is 60.7 Å². The highest BCUT2D eigenvalue weighted by Crippen LogP contribution is 2.30. The molecule has 4 aromatic rings. The van der Waals surface area contributed by atoms with Crippen LogP contribution < -0.4 is 4.74 Å². The molecule has 32 heavy (non-hydrogen) atoms. The summed E-state index contributed by atoms with van der Waals surface area (Å²) in [5, 5.41) is 11.8. The number of esters is 1. The van der Waals surface area contributed by atoms with Crippen LogP contribution in [-0.4, -0.2) is 5.97 Å². The number of rotatable bonds is 6.